The number of piperazine rings is 1. The van der Waals surface area contributed by atoms with Crippen LogP contribution in [-0.4, -0.2) is 83.0 Å². The highest BCUT2D eigenvalue weighted by Gasteiger charge is 2.35. The number of nitrogens with zero attached hydrogens (tertiary/aromatic N) is 3. The van der Waals surface area contributed by atoms with Gasteiger partial charge in [-0.15, -0.1) is 0 Å². The van der Waals surface area contributed by atoms with E-state index in [1.54, 1.807) is 29.0 Å². The molecule has 2 aliphatic heterocycles. The van der Waals surface area contributed by atoms with E-state index in [2.05, 4.69) is 32.1 Å². The highest BCUT2D eigenvalue weighted by Crippen LogP contribution is 2.41. The molecule has 1 aromatic rings. The quantitative estimate of drug-likeness (QED) is 0.263. The second-order valence-corrected chi connectivity index (χ2v) is 14.8. The first kappa shape index (κ1) is 32.7. The van der Waals surface area contributed by atoms with Crippen LogP contribution in [0, 0.1) is 5.92 Å². The van der Waals surface area contributed by atoms with E-state index >= 15 is 0 Å². The van der Waals surface area contributed by atoms with Crippen molar-refractivity contribution in [1.82, 2.24) is 19.4 Å². The molecular weight excluding hydrogens is 571 g/mol. The van der Waals surface area contributed by atoms with Gasteiger partial charge in [0, 0.05) is 61.7 Å². The van der Waals surface area contributed by atoms with Crippen LogP contribution in [-0.2, 0) is 4.74 Å². The Morgan fingerprint density at radius 3 is 2.10 bits per heavy atom. The van der Waals surface area contributed by atoms with Crippen molar-refractivity contribution in [2.75, 3.05) is 45.9 Å². The fourth-order valence-corrected chi connectivity index (χ4v) is 5.87. The Kier molecular flexibility index (Phi) is 11.4. The van der Waals surface area contributed by atoms with E-state index in [1.165, 1.54) is 0 Å². The Morgan fingerprint density at radius 1 is 1.00 bits per heavy atom. The second-order valence-electron chi connectivity index (χ2n) is 12.3. The van der Waals surface area contributed by atoms with E-state index in [4.69, 9.17) is 32.7 Å². The SMILES string of the molecule is C=CCOc1cc(Cl)c(Cl)cc1C(NSC(C)(C)C)C1CCN(C(=O)N2CCN(C(=O)OC(C)(C)C)CC2)CC1. The van der Waals surface area contributed by atoms with Gasteiger partial charge in [0.05, 0.1) is 10.0 Å². The van der Waals surface area contributed by atoms with Gasteiger partial charge in [-0.25, -0.2) is 9.59 Å². The van der Waals surface area contributed by atoms with Crippen LogP contribution >= 0.6 is 35.1 Å². The monoisotopic (exact) mass is 614 g/mol. The van der Waals surface area contributed by atoms with Gasteiger partial charge < -0.3 is 24.2 Å². The molecule has 0 aliphatic carbocycles. The van der Waals surface area contributed by atoms with E-state index in [0.717, 1.165) is 18.4 Å². The summed E-state index contributed by atoms with van der Waals surface area (Å²) in [5.74, 6) is 0.939. The first-order chi connectivity index (χ1) is 18.7. The summed E-state index contributed by atoms with van der Waals surface area (Å²) >= 11 is 14.5. The maximum atomic E-state index is 13.4. The Bertz CT molecular complexity index is 1040. The Labute approximate surface area is 253 Å². The molecular formula is C29H44Cl2N4O4S. The van der Waals surface area contributed by atoms with Crippen molar-refractivity contribution in [2.24, 2.45) is 5.92 Å². The average Bonchev–Trinajstić information content (AvgIpc) is 2.88. The normalized spacial score (nSPS) is 17.9. The highest BCUT2D eigenvalue weighted by atomic mass is 35.5. The zero-order valence-corrected chi connectivity index (χ0v) is 26.9. The molecule has 40 heavy (non-hydrogen) atoms. The molecule has 8 nitrogen and oxygen atoms in total. The largest absolute Gasteiger partial charge is 0.489 e. The van der Waals surface area contributed by atoms with Crippen molar-refractivity contribution in [3.05, 3.63) is 40.4 Å². The van der Waals surface area contributed by atoms with Crippen molar-refractivity contribution >= 4 is 47.3 Å². The van der Waals surface area contributed by atoms with Crippen LogP contribution in [0.3, 0.4) is 0 Å². The zero-order valence-electron chi connectivity index (χ0n) is 24.6. The minimum atomic E-state index is -0.539. The predicted molar refractivity (Wildman–Crippen MR) is 164 cm³/mol. The van der Waals surface area contributed by atoms with Gasteiger partial charge in [0.25, 0.3) is 0 Å². The average molecular weight is 616 g/mol. The van der Waals surface area contributed by atoms with Gasteiger partial charge >= 0.3 is 12.1 Å². The van der Waals surface area contributed by atoms with E-state index in [9.17, 15) is 9.59 Å². The maximum absolute atomic E-state index is 13.4. The molecule has 0 saturated carbocycles. The predicted octanol–water partition coefficient (Wildman–Crippen LogP) is 7.02. The molecule has 1 aromatic carbocycles. The molecule has 1 unspecified atom stereocenters. The number of benzene rings is 1. The molecule has 2 heterocycles. The fraction of sp³-hybridized carbons (Fsp3) is 0.655. The van der Waals surface area contributed by atoms with Gasteiger partial charge in [0.1, 0.15) is 18.0 Å². The number of ether oxygens (including phenoxy) is 2. The minimum Gasteiger partial charge on any atom is -0.489 e. The van der Waals surface area contributed by atoms with E-state index in [-0.39, 0.29) is 28.8 Å². The number of rotatable bonds is 7. The highest BCUT2D eigenvalue weighted by molar-refractivity contribution is 7.98. The van der Waals surface area contributed by atoms with Gasteiger partial charge in [-0.3, -0.25) is 4.72 Å². The lowest BCUT2D eigenvalue weighted by Crippen LogP contribution is -2.55. The number of hydrogen-bond acceptors (Lipinski definition) is 6. The third-order valence-electron chi connectivity index (χ3n) is 6.72. The third kappa shape index (κ3) is 9.36. The molecule has 0 aromatic heterocycles. The van der Waals surface area contributed by atoms with Crippen LogP contribution in [0.1, 0.15) is 66.0 Å². The molecule has 0 bridgehead atoms. The molecule has 2 aliphatic rings. The van der Waals surface area contributed by atoms with Crippen molar-refractivity contribution in [1.29, 1.82) is 0 Å². The summed E-state index contributed by atoms with van der Waals surface area (Å²) in [6, 6.07) is 3.65. The van der Waals surface area contributed by atoms with Crippen LogP contribution < -0.4 is 9.46 Å². The van der Waals surface area contributed by atoms with Gasteiger partial charge in [-0.2, -0.15) is 0 Å². The Morgan fingerprint density at radius 2 is 1.55 bits per heavy atom. The van der Waals surface area contributed by atoms with E-state index in [0.29, 0.717) is 61.7 Å². The lowest BCUT2D eigenvalue weighted by atomic mass is 9.85. The molecule has 1 atom stereocenters. The minimum absolute atomic E-state index is 0.00523. The molecule has 2 fully saturated rings. The van der Waals surface area contributed by atoms with Crippen LogP contribution in [0.15, 0.2) is 24.8 Å². The number of urea groups is 1. The van der Waals surface area contributed by atoms with Crippen LogP contribution in [0.25, 0.3) is 0 Å². The lowest BCUT2D eigenvalue weighted by Gasteiger charge is -2.41. The number of hydrogen-bond donors (Lipinski definition) is 1. The van der Waals surface area contributed by atoms with Crippen molar-refractivity contribution < 1.29 is 19.1 Å². The lowest BCUT2D eigenvalue weighted by molar-refractivity contribution is 0.0152. The summed E-state index contributed by atoms with van der Waals surface area (Å²) in [7, 11) is 0. The second kappa shape index (κ2) is 13.9. The Balaban J connectivity index is 1.66. The molecule has 1 N–H and O–H groups in total. The standard InChI is InChI=1S/C29H44Cl2N4O4S/c1-8-17-38-24-19-23(31)22(30)18-21(24)25(32-40-29(5,6)7)20-9-11-33(12-10-20)26(36)34-13-15-35(16-14-34)27(37)39-28(2,3)4/h8,18-20,25,32H,1,9-17H2,2-7H3. The van der Waals surface area contributed by atoms with Gasteiger partial charge in [-0.05, 0) is 66.4 Å². The molecule has 3 amide bonds. The van der Waals surface area contributed by atoms with Crippen molar-refractivity contribution in [3.63, 3.8) is 0 Å². The van der Waals surface area contributed by atoms with Gasteiger partial charge in [0.2, 0.25) is 0 Å². The number of likely N-dealkylation sites (tertiary alicyclic amines) is 1. The van der Waals surface area contributed by atoms with Crippen LogP contribution in [0.5, 0.6) is 5.75 Å². The third-order valence-corrected chi connectivity index (χ3v) is 8.43. The fourth-order valence-electron chi connectivity index (χ4n) is 4.75. The van der Waals surface area contributed by atoms with Crippen molar-refractivity contribution in [2.45, 2.75) is 70.8 Å². The first-order valence-corrected chi connectivity index (χ1v) is 15.4. The van der Waals surface area contributed by atoms with Crippen LogP contribution in [0.2, 0.25) is 10.0 Å². The molecule has 3 rings (SSSR count). The van der Waals surface area contributed by atoms with Gasteiger partial charge in [0.15, 0.2) is 0 Å². The number of nitrogens with one attached hydrogen (secondary N) is 1. The number of halogens is 2. The summed E-state index contributed by atoms with van der Waals surface area (Å²) in [5, 5.41) is 0.923. The summed E-state index contributed by atoms with van der Waals surface area (Å²) in [6.07, 6.45) is 3.03. The van der Waals surface area contributed by atoms with Crippen molar-refractivity contribution in [3.8, 4) is 5.75 Å². The molecule has 0 spiro atoms. The number of piperidine rings is 1. The molecule has 2 saturated heterocycles. The number of carbonyl (C=O) groups excluding carboxylic acids is 2. The summed E-state index contributed by atoms with van der Waals surface area (Å²) in [5.41, 5.74) is 0.415. The summed E-state index contributed by atoms with van der Waals surface area (Å²) in [4.78, 5) is 31.2. The smallest absolute Gasteiger partial charge is 0.410 e. The molecule has 0 radical (unpaired) electrons. The number of amides is 3. The van der Waals surface area contributed by atoms with Crippen LogP contribution in [0.4, 0.5) is 9.59 Å². The van der Waals surface area contributed by atoms with E-state index < -0.39 is 5.60 Å². The summed E-state index contributed by atoms with van der Waals surface area (Å²) < 4.78 is 15.2. The Hall–Kier alpha value is -1.81. The summed E-state index contributed by atoms with van der Waals surface area (Å²) in [6.45, 7) is 19.4. The van der Waals surface area contributed by atoms with E-state index in [1.807, 2.05) is 36.6 Å². The first-order valence-electron chi connectivity index (χ1n) is 13.9. The molecule has 224 valence electrons. The zero-order chi connectivity index (χ0) is 29.7. The maximum Gasteiger partial charge on any atom is 0.410 e. The number of carbonyl (C=O) groups is 2. The van der Waals surface area contributed by atoms with Gasteiger partial charge in [-0.1, -0.05) is 47.8 Å². The molecule has 11 heteroatoms. The topological polar surface area (TPSA) is 74.4 Å².